The minimum Gasteiger partial charge on any atom is -0.481 e. The van der Waals surface area contributed by atoms with Crippen molar-refractivity contribution >= 4 is 11.8 Å². The van der Waals surface area contributed by atoms with Crippen molar-refractivity contribution in [3.05, 3.63) is 59.9 Å². The molecule has 0 amide bonds. The van der Waals surface area contributed by atoms with Gasteiger partial charge in [0.25, 0.3) is 0 Å². The highest BCUT2D eigenvalue weighted by molar-refractivity contribution is 7.98. The number of thioether (sulfide) groups is 1. The Labute approximate surface area is 179 Å². The van der Waals surface area contributed by atoms with Crippen molar-refractivity contribution in [2.24, 2.45) is 0 Å². The van der Waals surface area contributed by atoms with Gasteiger partial charge < -0.3 is 4.74 Å². The monoisotopic (exact) mass is 437 g/mol. The SMILES string of the molecule is CF.COc1ccc(-n2nc(CCC(F)F)cc2-c2ccc(CCSC)cc2)cn1. The largest absolute Gasteiger partial charge is 0.481 e. The Morgan fingerprint density at radius 3 is 2.37 bits per heavy atom. The van der Waals surface area contributed by atoms with Gasteiger partial charge in [0, 0.05) is 18.1 Å². The molecule has 0 atom stereocenters. The van der Waals surface area contributed by atoms with E-state index in [-0.39, 0.29) is 12.8 Å². The van der Waals surface area contributed by atoms with Crippen LogP contribution in [0.3, 0.4) is 0 Å². The molecule has 0 aliphatic carbocycles. The summed E-state index contributed by atoms with van der Waals surface area (Å²) < 4.78 is 41.6. The maximum Gasteiger partial charge on any atom is 0.239 e. The van der Waals surface area contributed by atoms with E-state index in [1.54, 1.807) is 24.1 Å². The lowest BCUT2D eigenvalue weighted by molar-refractivity contribution is 0.137. The van der Waals surface area contributed by atoms with Crippen LogP contribution >= 0.6 is 11.8 Å². The van der Waals surface area contributed by atoms with Crippen LogP contribution < -0.4 is 4.74 Å². The highest BCUT2D eigenvalue weighted by Gasteiger charge is 2.14. The van der Waals surface area contributed by atoms with E-state index in [1.807, 2.05) is 23.9 Å². The van der Waals surface area contributed by atoms with Crippen LogP contribution in [-0.2, 0) is 12.8 Å². The fourth-order valence-corrected chi connectivity index (χ4v) is 3.33. The minimum atomic E-state index is -2.34. The van der Waals surface area contributed by atoms with Crippen molar-refractivity contribution in [3.8, 4) is 22.8 Å². The molecule has 4 nitrogen and oxygen atoms in total. The first kappa shape index (κ1) is 23.8. The lowest BCUT2D eigenvalue weighted by Gasteiger charge is -2.09. The molecule has 0 radical (unpaired) electrons. The molecule has 30 heavy (non-hydrogen) atoms. The molecule has 0 aliphatic rings. The molecule has 0 fully saturated rings. The van der Waals surface area contributed by atoms with Crippen molar-refractivity contribution in [1.29, 1.82) is 0 Å². The van der Waals surface area contributed by atoms with Gasteiger partial charge in [-0.1, -0.05) is 24.3 Å². The molecular weight excluding hydrogens is 411 g/mol. The van der Waals surface area contributed by atoms with Crippen molar-refractivity contribution in [1.82, 2.24) is 14.8 Å². The van der Waals surface area contributed by atoms with Gasteiger partial charge in [0.1, 0.15) is 0 Å². The number of aryl methyl sites for hydroxylation is 2. The summed E-state index contributed by atoms with van der Waals surface area (Å²) in [4.78, 5) is 4.23. The van der Waals surface area contributed by atoms with Gasteiger partial charge >= 0.3 is 0 Å². The van der Waals surface area contributed by atoms with E-state index in [0.29, 0.717) is 18.8 Å². The van der Waals surface area contributed by atoms with Gasteiger partial charge in [-0.15, -0.1) is 0 Å². The van der Waals surface area contributed by atoms with E-state index < -0.39 is 6.43 Å². The first-order valence-electron chi connectivity index (χ1n) is 9.44. The Balaban J connectivity index is 0.00000155. The number of methoxy groups -OCH3 is 1. The number of nitrogens with zero attached hydrogens (tertiary/aromatic N) is 3. The zero-order valence-corrected chi connectivity index (χ0v) is 18.1. The quantitative estimate of drug-likeness (QED) is 0.435. The summed E-state index contributed by atoms with van der Waals surface area (Å²) in [5, 5.41) is 4.56. The Hall–Kier alpha value is -2.48. The van der Waals surface area contributed by atoms with E-state index in [2.05, 4.69) is 40.6 Å². The molecule has 0 bridgehead atoms. The van der Waals surface area contributed by atoms with E-state index in [1.165, 1.54) is 5.56 Å². The number of alkyl halides is 3. The molecule has 0 spiro atoms. The first-order chi connectivity index (χ1) is 14.6. The van der Waals surface area contributed by atoms with Gasteiger partial charge in [-0.25, -0.2) is 18.4 Å². The normalized spacial score (nSPS) is 10.6. The molecule has 1 aromatic carbocycles. The van der Waals surface area contributed by atoms with Crippen molar-refractivity contribution in [2.45, 2.75) is 25.7 Å². The molecule has 162 valence electrons. The third-order valence-corrected chi connectivity index (χ3v) is 5.01. The highest BCUT2D eigenvalue weighted by Crippen LogP contribution is 2.26. The van der Waals surface area contributed by atoms with Crippen LogP contribution in [0.2, 0.25) is 0 Å². The van der Waals surface area contributed by atoms with Crippen LogP contribution in [0, 0.1) is 0 Å². The fraction of sp³-hybridized carbons (Fsp3) is 0.364. The van der Waals surface area contributed by atoms with E-state index in [9.17, 15) is 13.2 Å². The zero-order chi connectivity index (χ0) is 21.9. The summed E-state index contributed by atoms with van der Waals surface area (Å²) in [5.41, 5.74) is 4.50. The van der Waals surface area contributed by atoms with Gasteiger partial charge in [0.15, 0.2) is 0 Å². The number of hydrogen-bond acceptors (Lipinski definition) is 4. The lowest BCUT2D eigenvalue weighted by Crippen LogP contribution is -2.02. The second-order valence-corrected chi connectivity index (χ2v) is 7.35. The van der Waals surface area contributed by atoms with Gasteiger partial charge in [0.05, 0.1) is 37.6 Å². The molecule has 2 aromatic heterocycles. The smallest absolute Gasteiger partial charge is 0.239 e. The Morgan fingerprint density at radius 2 is 1.80 bits per heavy atom. The zero-order valence-electron chi connectivity index (χ0n) is 17.3. The van der Waals surface area contributed by atoms with E-state index in [4.69, 9.17) is 4.74 Å². The average molecular weight is 438 g/mol. The van der Waals surface area contributed by atoms with Crippen LogP contribution in [0.1, 0.15) is 17.7 Å². The highest BCUT2D eigenvalue weighted by atomic mass is 32.2. The summed E-state index contributed by atoms with van der Waals surface area (Å²) in [6.07, 6.45) is 2.46. The van der Waals surface area contributed by atoms with Crippen molar-refractivity contribution in [3.63, 3.8) is 0 Å². The summed E-state index contributed by atoms with van der Waals surface area (Å²) in [5.74, 6) is 1.58. The maximum atomic E-state index is 12.6. The molecule has 0 saturated carbocycles. The first-order valence-corrected chi connectivity index (χ1v) is 10.8. The fourth-order valence-electron chi connectivity index (χ4n) is 2.89. The number of hydrogen-bond donors (Lipinski definition) is 0. The second-order valence-electron chi connectivity index (χ2n) is 6.36. The van der Waals surface area contributed by atoms with Crippen molar-refractivity contribution in [2.75, 3.05) is 26.3 Å². The third kappa shape index (κ3) is 6.52. The second kappa shape index (κ2) is 12.3. The predicted molar refractivity (Wildman–Crippen MR) is 117 cm³/mol. The standard InChI is InChI=1S/C21H23F2N3OS.CH3F/c1-27-21-10-8-18(14-24-21)26-19(13-17(25-26)7-9-20(22)23)16-5-3-15(4-6-16)11-12-28-2;1-2/h3-6,8,10,13-14,20H,7,9,11-12H2,1-2H3;1H3. The molecule has 3 aromatic rings. The summed E-state index contributed by atoms with van der Waals surface area (Å²) in [7, 11) is 2.06. The number of benzene rings is 1. The van der Waals surface area contributed by atoms with E-state index in [0.717, 1.165) is 29.1 Å². The van der Waals surface area contributed by atoms with Crippen LogP contribution in [0.15, 0.2) is 48.7 Å². The summed E-state index contributed by atoms with van der Waals surface area (Å²) in [6, 6.07) is 13.8. The Morgan fingerprint density at radius 1 is 1.07 bits per heavy atom. The maximum absolute atomic E-state index is 12.6. The molecule has 0 saturated heterocycles. The summed E-state index contributed by atoms with van der Waals surface area (Å²) in [6.45, 7) is 0. The van der Waals surface area contributed by atoms with Gasteiger partial charge in [0.2, 0.25) is 12.3 Å². The van der Waals surface area contributed by atoms with Gasteiger partial charge in [-0.3, -0.25) is 4.39 Å². The molecule has 0 aliphatic heterocycles. The topological polar surface area (TPSA) is 39.9 Å². The van der Waals surface area contributed by atoms with Crippen LogP contribution in [0.5, 0.6) is 5.88 Å². The number of halogens is 3. The number of ether oxygens (including phenoxy) is 1. The number of pyridine rings is 1. The van der Waals surface area contributed by atoms with Crippen molar-refractivity contribution < 1.29 is 17.9 Å². The third-order valence-electron chi connectivity index (χ3n) is 4.40. The Kier molecular flexibility index (Phi) is 9.73. The van der Waals surface area contributed by atoms with Crippen LogP contribution in [0.4, 0.5) is 13.2 Å². The number of rotatable bonds is 9. The molecule has 3 rings (SSSR count). The van der Waals surface area contributed by atoms with E-state index >= 15 is 0 Å². The molecule has 0 unspecified atom stereocenters. The predicted octanol–water partition coefficient (Wildman–Crippen LogP) is 5.63. The number of aromatic nitrogens is 3. The average Bonchev–Trinajstić information content (AvgIpc) is 3.22. The molecule has 2 heterocycles. The molecular formula is C22H26F3N3OS. The van der Waals surface area contributed by atoms with Crippen LogP contribution in [0.25, 0.3) is 16.9 Å². The lowest BCUT2D eigenvalue weighted by atomic mass is 10.1. The Bertz CT molecular complexity index is 884. The van der Waals surface area contributed by atoms with Crippen LogP contribution in [-0.4, -0.2) is 47.5 Å². The van der Waals surface area contributed by atoms with Gasteiger partial charge in [-0.2, -0.15) is 16.9 Å². The molecule has 8 heteroatoms. The minimum absolute atomic E-state index is 0.203. The molecule has 0 N–H and O–H groups in total. The summed E-state index contributed by atoms with van der Waals surface area (Å²) >= 11 is 1.82. The van der Waals surface area contributed by atoms with Gasteiger partial charge in [-0.05, 0) is 42.5 Å².